The number of halogens is 1. The van der Waals surface area contributed by atoms with Gasteiger partial charge in [-0.1, -0.05) is 6.92 Å². The van der Waals surface area contributed by atoms with Crippen molar-refractivity contribution in [3.63, 3.8) is 0 Å². The standard InChI is InChI=1S/C22H23FN4O2/c1-2-26-9-11-27(12-10-26)22(29)20-14-16-13-18(7-8-19(16)25-20)24-21(28)15-3-5-17(23)6-4-15/h3-8,13-14,25H,2,9-12H2,1H3,(H,24,28). The Labute approximate surface area is 168 Å². The number of fused-ring (bicyclic) bond motifs is 1. The minimum atomic E-state index is -0.386. The van der Waals surface area contributed by atoms with Crippen LogP contribution in [0.4, 0.5) is 10.1 Å². The van der Waals surface area contributed by atoms with Crippen LogP contribution in [0.15, 0.2) is 48.5 Å². The summed E-state index contributed by atoms with van der Waals surface area (Å²) in [4.78, 5) is 32.5. The van der Waals surface area contributed by atoms with Crippen LogP contribution in [0.25, 0.3) is 10.9 Å². The van der Waals surface area contributed by atoms with Gasteiger partial charge < -0.3 is 20.1 Å². The van der Waals surface area contributed by atoms with Crippen molar-refractivity contribution in [2.75, 3.05) is 38.0 Å². The third-order valence-electron chi connectivity index (χ3n) is 5.32. The summed E-state index contributed by atoms with van der Waals surface area (Å²) in [6.07, 6.45) is 0. The van der Waals surface area contributed by atoms with Gasteiger partial charge in [-0.05, 0) is 55.1 Å². The van der Waals surface area contributed by atoms with Crippen LogP contribution in [0.3, 0.4) is 0 Å². The van der Waals surface area contributed by atoms with Crippen LogP contribution in [-0.2, 0) is 0 Å². The summed E-state index contributed by atoms with van der Waals surface area (Å²) >= 11 is 0. The highest BCUT2D eigenvalue weighted by Crippen LogP contribution is 2.22. The summed E-state index contributed by atoms with van der Waals surface area (Å²) in [5.74, 6) is -0.706. The van der Waals surface area contributed by atoms with E-state index in [1.165, 1.54) is 24.3 Å². The zero-order chi connectivity index (χ0) is 20.4. The summed E-state index contributed by atoms with van der Waals surface area (Å²) in [5, 5.41) is 3.65. The maximum absolute atomic E-state index is 13.0. The number of piperazine rings is 1. The Morgan fingerprint density at radius 2 is 1.76 bits per heavy atom. The maximum atomic E-state index is 13.0. The van der Waals surface area contributed by atoms with Gasteiger partial charge in [0, 0.05) is 48.3 Å². The van der Waals surface area contributed by atoms with Gasteiger partial charge in [0.15, 0.2) is 0 Å². The van der Waals surface area contributed by atoms with E-state index in [4.69, 9.17) is 0 Å². The van der Waals surface area contributed by atoms with Crippen molar-refractivity contribution in [1.82, 2.24) is 14.8 Å². The van der Waals surface area contributed by atoms with E-state index in [1.54, 1.807) is 6.07 Å². The van der Waals surface area contributed by atoms with E-state index in [-0.39, 0.29) is 17.6 Å². The molecular weight excluding hydrogens is 371 g/mol. The predicted octanol–water partition coefficient (Wildman–Crippen LogP) is 3.34. The molecule has 1 aromatic heterocycles. The fraction of sp³-hybridized carbons (Fsp3) is 0.273. The lowest BCUT2D eigenvalue weighted by Crippen LogP contribution is -2.48. The normalized spacial score (nSPS) is 14.9. The van der Waals surface area contributed by atoms with E-state index < -0.39 is 0 Å². The number of aromatic nitrogens is 1. The van der Waals surface area contributed by atoms with E-state index in [0.717, 1.165) is 43.6 Å². The molecule has 0 aliphatic carbocycles. The van der Waals surface area contributed by atoms with Crippen molar-refractivity contribution in [2.24, 2.45) is 0 Å². The molecule has 2 amide bonds. The van der Waals surface area contributed by atoms with Gasteiger partial charge in [0.25, 0.3) is 11.8 Å². The number of H-pyrrole nitrogens is 1. The number of rotatable bonds is 4. The molecule has 1 aliphatic rings. The molecule has 0 spiro atoms. The number of benzene rings is 2. The molecule has 0 unspecified atom stereocenters. The SMILES string of the molecule is CCN1CCN(C(=O)c2cc3cc(NC(=O)c4ccc(F)cc4)ccc3[nH]2)CC1. The van der Waals surface area contributed by atoms with Crippen molar-refractivity contribution in [1.29, 1.82) is 0 Å². The Bertz CT molecular complexity index is 1040. The number of nitrogens with one attached hydrogen (secondary N) is 2. The van der Waals surface area contributed by atoms with Gasteiger partial charge in [0.2, 0.25) is 0 Å². The van der Waals surface area contributed by atoms with Gasteiger partial charge in [-0.25, -0.2) is 4.39 Å². The molecule has 0 radical (unpaired) electrons. The first-order valence-corrected chi connectivity index (χ1v) is 9.75. The fourth-order valence-corrected chi connectivity index (χ4v) is 3.57. The lowest BCUT2D eigenvalue weighted by Gasteiger charge is -2.33. The molecule has 150 valence electrons. The molecule has 2 N–H and O–H groups in total. The molecule has 2 aromatic carbocycles. The fourth-order valence-electron chi connectivity index (χ4n) is 3.57. The van der Waals surface area contributed by atoms with Gasteiger partial charge in [-0.15, -0.1) is 0 Å². The molecule has 0 saturated carbocycles. The highest BCUT2D eigenvalue weighted by molar-refractivity contribution is 6.05. The predicted molar refractivity (Wildman–Crippen MR) is 111 cm³/mol. The van der Waals surface area contributed by atoms with Crippen molar-refractivity contribution in [3.05, 3.63) is 65.6 Å². The molecule has 1 fully saturated rings. The number of aromatic amines is 1. The van der Waals surface area contributed by atoms with Gasteiger partial charge in [-0.2, -0.15) is 0 Å². The molecule has 3 aromatic rings. The summed E-state index contributed by atoms with van der Waals surface area (Å²) in [6.45, 7) is 6.36. The monoisotopic (exact) mass is 394 g/mol. The lowest BCUT2D eigenvalue weighted by atomic mass is 10.2. The number of carbonyl (C=O) groups is 2. The van der Waals surface area contributed by atoms with Crippen LogP contribution in [0.2, 0.25) is 0 Å². The number of nitrogens with zero attached hydrogens (tertiary/aromatic N) is 2. The van der Waals surface area contributed by atoms with Crippen LogP contribution in [-0.4, -0.2) is 59.3 Å². The number of anilines is 1. The largest absolute Gasteiger partial charge is 0.351 e. The van der Waals surface area contributed by atoms with Crippen molar-refractivity contribution in [3.8, 4) is 0 Å². The number of hydrogen-bond acceptors (Lipinski definition) is 3. The molecule has 2 heterocycles. The van der Waals surface area contributed by atoms with Gasteiger partial charge in [0.05, 0.1) is 0 Å². The molecule has 4 rings (SSSR count). The Hall–Kier alpha value is -3.19. The Morgan fingerprint density at radius 3 is 2.45 bits per heavy atom. The summed E-state index contributed by atoms with van der Waals surface area (Å²) in [5.41, 5.74) is 2.37. The number of carbonyl (C=O) groups excluding carboxylic acids is 2. The Morgan fingerprint density at radius 1 is 1.03 bits per heavy atom. The lowest BCUT2D eigenvalue weighted by molar-refractivity contribution is 0.0638. The second kappa shape index (κ2) is 8.05. The molecular formula is C22H23FN4O2. The zero-order valence-corrected chi connectivity index (χ0v) is 16.2. The molecule has 1 aliphatic heterocycles. The van der Waals surface area contributed by atoms with E-state index in [0.29, 0.717) is 16.9 Å². The molecule has 0 atom stereocenters. The van der Waals surface area contributed by atoms with Crippen LogP contribution in [0, 0.1) is 5.82 Å². The first-order chi connectivity index (χ1) is 14.0. The number of amides is 2. The Balaban J connectivity index is 1.48. The third-order valence-corrected chi connectivity index (χ3v) is 5.32. The van der Waals surface area contributed by atoms with E-state index >= 15 is 0 Å². The topological polar surface area (TPSA) is 68.4 Å². The first-order valence-electron chi connectivity index (χ1n) is 9.75. The quantitative estimate of drug-likeness (QED) is 0.713. The van der Waals surface area contributed by atoms with Crippen LogP contribution >= 0.6 is 0 Å². The smallest absolute Gasteiger partial charge is 0.270 e. The van der Waals surface area contributed by atoms with Crippen LogP contribution in [0.1, 0.15) is 27.8 Å². The van der Waals surface area contributed by atoms with Crippen molar-refractivity contribution < 1.29 is 14.0 Å². The van der Waals surface area contributed by atoms with Gasteiger partial charge >= 0.3 is 0 Å². The van der Waals surface area contributed by atoms with E-state index in [2.05, 4.69) is 22.1 Å². The highest BCUT2D eigenvalue weighted by atomic mass is 19.1. The van der Waals surface area contributed by atoms with E-state index in [9.17, 15) is 14.0 Å². The molecule has 1 saturated heterocycles. The second-order valence-corrected chi connectivity index (χ2v) is 7.17. The summed E-state index contributed by atoms with van der Waals surface area (Å²) < 4.78 is 13.0. The van der Waals surface area contributed by atoms with Crippen LogP contribution < -0.4 is 5.32 Å². The zero-order valence-electron chi connectivity index (χ0n) is 16.2. The van der Waals surface area contributed by atoms with Gasteiger partial charge in [0.1, 0.15) is 11.5 Å². The third kappa shape index (κ3) is 4.14. The average Bonchev–Trinajstić information content (AvgIpc) is 3.17. The molecule has 29 heavy (non-hydrogen) atoms. The maximum Gasteiger partial charge on any atom is 0.270 e. The number of likely N-dealkylation sites (N-methyl/N-ethyl adjacent to an activating group) is 1. The second-order valence-electron chi connectivity index (χ2n) is 7.17. The summed E-state index contributed by atoms with van der Waals surface area (Å²) in [6, 6.07) is 12.6. The molecule has 7 heteroatoms. The molecule has 0 bridgehead atoms. The Kier molecular flexibility index (Phi) is 5.31. The average molecular weight is 394 g/mol. The minimum absolute atomic E-state index is 0.00569. The minimum Gasteiger partial charge on any atom is -0.351 e. The van der Waals surface area contributed by atoms with Gasteiger partial charge in [-0.3, -0.25) is 9.59 Å². The summed E-state index contributed by atoms with van der Waals surface area (Å²) in [7, 11) is 0. The number of hydrogen-bond donors (Lipinski definition) is 2. The van der Waals surface area contributed by atoms with Crippen molar-refractivity contribution >= 4 is 28.4 Å². The van der Waals surface area contributed by atoms with Crippen molar-refractivity contribution in [2.45, 2.75) is 6.92 Å². The van der Waals surface area contributed by atoms with Crippen LogP contribution in [0.5, 0.6) is 0 Å². The van der Waals surface area contributed by atoms with E-state index in [1.807, 2.05) is 23.1 Å². The molecule has 6 nitrogen and oxygen atoms in total. The first kappa shape index (κ1) is 19.1. The highest BCUT2D eigenvalue weighted by Gasteiger charge is 2.22.